The van der Waals surface area contributed by atoms with Gasteiger partial charge in [0.15, 0.2) is 0 Å². The molecule has 1 heterocycles. The number of amides is 1. The summed E-state index contributed by atoms with van der Waals surface area (Å²) < 4.78 is 31.9. The number of aliphatic carboxylic acids is 1. The van der Waals surface area contributed by atoms with Crippen molar-refractivity contribution in [1.82, 2.24) is 4.90 Å². The predicted molar refractivity (Wildman–Crippen MR) is 58.4 cm³/mol. The maximum absolute atomic E-state index is 13.6. The number of carboxylic acids is 1. The molecule has 0 bridgehead atoms. The van der Waals surface area contributed by atoms with Gasteiger partial charge in [0.05, 0.1) is 13.0 Å². The smallest absolute Gasteiger partial charge is 0.410 e. The molecule has 0 spiro atoms. The molecule has 1 fully saturated rings. The Balaban J connectivity index is 2.58. The minimum atomic E-state index is -3.20. The molecule has 1 atom stereocenters. The van der Waals surface area contributed by atoms with Gasteiger partial charge in [-0.3, -0.25) is 4.79 Å². The Morgan fingerprint density at radius 3 is 2.72 bits per heavy atom. The Bertz CT molecular complexity index is 346. The van der Waals surface area contributed by atoms with Crippen LogP contribution in [0.1, 0.15) is 12.8 Å². The highest BCUT2D eigenvalue weighted by Crippen LogP contribution is 2.35. The summed E-state index contributed by atoms with van der Waals surface area (Å²) >= 11 is 0. The van der Waals surface area contributed by atoms with Gasteiger partial charge in [0, 0.05) is 12.5 Å². The molecule has 0 aromatic heterocycles. The largest absolute Gasteiger partial charge is 0.481 e. The summed E-state index contributed by atoms with van der Waals surface area (Å²) in [5.74, 6) is -5.70. The number of nitrogens with zero attached hydrogens (tertiary/aromatic N) is 1. The Hall–Kier alpha value is -1.66. The number of halogens is 2. The molecule has 5 nitrogen and oxygen atoms in total. The summed E-state index contributed by atoms with van der Waals surface area (Å²) in [7, 11) is 0. The van der Waals surface area contributed by atoms with Crippen LogP contribution < -0.4 is 0 Å². The summed E-state index contributed by atoms with van der Waals surface area (Å²) in [4.78, 5) is 22.7. The van der Waals surface area contributed by atoms with Gasteiger partial charge in [0.2, 0.25) is 0 Å². The first-order valence-electron chi connectivity index (χ1n) is 5.49. The van der Waals surface area contributed by atoms with Crippen LogP contribution >= 0.6 is 0 Å². The first kappa shape index (κ1) is 14.4. The maximum atomic E-state index is 13.6. The van der Waals surface area contributed by atoms with Crippen molar-refractivity contribution in [3.63, 3.8) is 0 Å². The molecule has 1 rings (SSSR count). The summed E-state index contributed by atoms with van der Waals surface area (Å²) in [5, 5.41) is 8.54. The lowest BCUT2D eigenvalue weighted by atomic mass is 9.90. The summed E-state index contributed by atoms with van der Waals surface area (Å²) in [6, 6.07) is 0. The zero-order valence-electron chi connectivity index (χ0n) is 9.77. The Kier molecular flexibility index (Phi) is 4.63. The highest BCUT2D eigenvalue weighted by atomic mass is 19.3. The number of carbonyl (C=O) groups is 2. The molecule has 0 aromatic carbocycles. The molecular weight excluding hydrogens is 248 g/mol. The normalized spacial score (nSPS) is 22.3. The van der Waals surface area contributed by atoms with Crippen LogP contribution in [0.3, 0.4) is 0 Å². The second-order valence-corrected chi connectivity index (χ2v) is 4.13. The van der Waals surface area contributed by atoms with Gasteiger partial charge in [-0.2, -0.15) is 0 Å². The van der Waals surface area contributed by atoms with Crippen LogP contribution in [0, 0.1) is 5.92 Å². The highest BCUT2D eigenvalue weighted by Gasteiger charge is 2.46. The number of alkyl halides is 2. The molecule has 0 aliphatic carbocycles. The quantitative estimate of drug-likeness (QED) is 0.784. The molecule has 1 saturated heterocycles. The van der Waals surface area contributed by atoms with Crippen molar-refractivity contribution in [3.05, 3.63) is 12.7 Å². The van der Waals surface area contributed by atoms with Crippen molar-refractivity contribution in [2.24, 2.45) is 5.92 Å². The predicted octanol–water partition coefficient (Wildman–Crippen LogP) is 1.74. The van der Waals surface area contributed by atoms with E-state index in [1.807, 2.05) is 0 Å². The number of carbonyl (C=O) groups excluding carboxylic acids is 1. The molecule has 1 N–H and O–H groups in total. The van der Waals surface area contributed by atoms with E-state index in [0.29, 0.717) is 0 Å². The zero-order chi connectivity index (χ0) is 13.8. The first-order valence-corrected chi connectivity index (χ1v) is 5.49. The number of piperidine rings is 1. The average molecular weight is 263 g/mol. The van der Waals surface area contributed by atoms with Gasteiger partial charge in [-0.05, 0) is 6.42 Å². The molecule has 0 saturated carbocycles. The van der Waals surface area contributed by atoms with Crippen LogP contribution in [0.5, 0.6) is 0 Å². The SMILES string of the molecule is C=CCOC(=O)N1CCC(CC(=O)O)C(F)(F)C1. The van der Waals surface area contributed by atoms with Gasteiger partial charge in [0.25, 0.3) is 5.92 Å². The fourth-order valence-electron chi connectivity index (χ4n) is 1.82. The lowest BCUT2D eigenvalue weighted by Crippen LogP contribution is -2.51. The number of hydrogen-bond donors (Lipinski definition) is 1. The van der Waals surface area contributed by atoms with Gasteiger partial charge >= 0.3 is 12.1 Å². The Labute approximate surface area is 103 Å². The standard InChI is InChI=1S/C11H15F2NO4/c1-2-5-18-10(17)14-4-3-8(6-9(15)16)11(12,13)7-14/h2,8H,1,3-7H2,(H,15,16). The van der Waals surface area contributed by atoms with E-state index >= 15 is 0 Å². The molecule has 102 valence electrons. The van der Waals surface area contributed by atoms with Gasteiger partial charge < -0.3 is 14.7 Å². The molecule has 1 aliphatic heterocycles. The van der Waals surface area contributed by atoms with E-state index in [2.05, 4.69) is 11.3 Å². The molecule has 18 heavy (non-hydrogen) atoms. The van der Waals surface area contributed by atoms with Crippen molar-refractivity contribution in [2.75, 3.05) is 19.7 Å². The fourth-order valence-corrected chi connectivity index (χ4v) is 1.82. The fraction of sp³-hybridized carbons (Fsp3) is 0.636. The molecular formula is C11H15F2NO4. The third kappa shape index (κ3) is 3.68. The van der Waals surface area contributed by atoms with Gasteiger partial charge in [-0.1, -0.05) is 12.7 Å². The monoisotopic (exact) mass is 263 g/mol. The van der Waals surface area contributed by atoms with Crippen molar-refractivity contribution in [2.45, 2.75) is 18.8 Å². The van der Waals surface area contributed by atoms with Crippen LogP contribution in [0.2, 0.25) is 0 Å². The third-order valence-corrected chi connectivity index (χ3v) is 2.75. The summed E-state index contributed by atoms with van der Waals surface area (Å²) in [6.07, 6.45) is -0.138. The highest BCUT2D eigenvalue weighted by molar-refractivity contribution is 5.69. The minimum Gasteiger partial charge on any atom is -0.481 e. The lowest BCUT2D eigenvalue weighted by Gasteiger charge is -2.37. The van der Waals surface area contributed by atoms with E-state index in [9.17, 15) is 18.4 Å². The van der Waals surface area contributed by atoms with Gasteiger partial charge in [0.1, 0.15) is 6.61 Å². The van der Waals surface area contributed by atoms with Crippen molar-refractivity contribution in [1.29, 1.82) is 0 Å². The Morgan fingerprint density at radius 1 is 1.56 bits per heavy atom. The Morgan fingerprint density at radius 2 is 2.22 bits per heavy atom. The lowest BCUT2D eigenvalue weighted by molar-refractivity contribution is -0.148. The number of ether oxygens (including phenoxy) is 1. The molecule has 1 aliphatic rings. The van der Waals surface area contributed by atoms with Crippen LogP contribution in [-0.2, 0) is 9.53 Å². The molecule has 0 radical (unpaired) electrons. The molecule has 1 unspecified atom stereocenters. The van der Waals surface area contributed by atoms with Gasteiger partial charge in [-0.15, -0.1) is 0 Å². The number of carboxylic acid groups (broad SMARTS) is 1. The van der Waals surface area contributed by atoms with E-state index in [-0.39, 0.29) is 19.6 Å². The van der Waals surface area contributed by atoms with Crippen molar-refractivity contribution >= 4 is 12.1 Å². The van der Waals surface area contributed by atoms with Crippen LogP contribution in [0.4, 0.5) is 13.6 Å². The van der Waals surface area contributed by atoms with Crippen molar-refractivity contribution < 1.29 is 28.2 Å². The number of likely N-dealkylation sites (tertiary alicyclic amines) is 1. The average Bonchev–Trinajstić information content (AvgIpc) is 2.27. The zero-order valence-corrected chi connectivity index (χ0v) is 9.77. The van der Waals surface area contributed by atoms with E-state index in [0.717, 1.165) is 4.90 Å². The number of rotatable bonds is 4. The second kappa shape index (κ2) is 5.79. The van der Waals surface area contributed by atoms with Gasteiger partial charge in [-0.25, -0.2) is 13.6 Å². The summed E-state index contributed by atoms with van der Waals surface area (Å²) in [6.45, 7) is 2.57. The van der Waals surface area contributed by atoms with E-state index in [4.69, 9.17) is 5.11 Å². The molecule has 7 heteroatoms. The van der Waals surface area contributed by atoms with Crippen LogP contribution in [0.25, 0.3) is 0 Å². The van der Waals surface area contributed by atoms with E-state index in [1.165, 1.54) is 6.08 Å². The third-order valence-electron chi connectivity index (χ3n) is 2.75. The maximum Gasteiger partial charge on any atom is 0.410 e. The van der Waals surface area contributed by atoms with E-state index < -0.39 is 36.9 Å². The second-order valence-electron chi connectivity index (χ2n) is 4.13. The topological polar surface area (TPSA) is 66.8 Å². The van der Waals surface area contributed by atoms with Crippen LogP contribution in [-0.4, -0.2) is 47.7 Å². The number of hydrogen-bond acceptors (Lipinski definition) is 3. The minimum absolute atomic E-state index is 0.0422. The molecule has 1 amide bonds. The van der Waals surface area contributed by atoms with Crippen LogP contribution in [0.15, 0.2) is 12.7 Å². The molecule has 0 aromatic rings. The summed E-state index contributed by atoms with van der Waals surface area (Å²) in [5.41, 5.74) is 0. The first-order chi connectivity index (χ1) is 8.36. The van der Waals surface area contributed by atoms with Crippen molar-refractivity contribution in [3.8, 4) is 0 Å². The van der Waals surface area contributed by atoms with E-state index in [1.54, 1.807) is 0 Å².